The van der Waals surface area contributed by atoms with Crippen LogP contribution in [-0.2, 0) is 23.4 Å². The number of rotatable bonds is 0. The van der Waals surface area contributed by atoms with Crippen LogP contribution in [0.3, 0.4) is 0 Å². The fourth-order valence-electron chi connectivity index (χ4n) is 1.61. The number of nitrogens with zero attached hydrogens (tertiary/aromatic N) is 1. The van der Waals surface area contributed by atoms with E-state index in [1.807, 2.05) is 0 Å². The summed E-state index contributed by atoms with van der Waals surface area (Å²) in [6.07, 6.45) is 1.09. The Kier molecular flexibility index (Phi) is 1.86. The molecule has 0 aliphatic carbocycles. The van der Waals surface area contributed by atoms with Gasteiger partial charge in [0.25, 0.3) is 0 Å². The summed E-state index contributed by atoms with van der Waals surface area (Å²) < 4.78 is 1.38. The fraction of sp³-hybridized carbons (Fsp3) is 0.300. The summed E-state index contributed by atoms with van der Waals surface area (Å²) >= 11 is 2.64. The number of likely N-dealkylation sites (N-methyl/N-ethyl adjacent to an activating group) is 1. The Morgan fingerprint density at radius 3 is 2.92 bits per heavy atom. The molecule has 0 spiro atoms. The van der Waals surface area contributed by atoms with Crippen LogP contribution in [0.4, 0.5) is 5.69 Å². The Morgan fingerprint density at radius 1 is 1.42 bits per heavy atom. The van der Waals surface area contributed by atoms with Crippen molar-refractivity contribution in [3.8, 4) is 0 Å². The minimum atomic E-state index is 1.09. The van der Waals surface area contributed by atoms with Gasteiger partial charge in [-0.15, -0.1) is 0 Å². The molecular weight excluding hydrogens is 185 g/mol. The molecule has 0 amide bonds. The van der Waals surface area contributed by atoms with Gasteiger partial charge in [0.1, 0.15) is 0 Å². The van der Waals surface area contributed by atoms with Crippen LogP contribution in [0.1, 0.15) is 11.1 Å². The normalized spacial score (nSPS) is 15.1. The van der Waals surface area contributed by atoms with E-state index in [4.69, 9.17) is 0 Å². The first kappa shape index (κ1) is 8.09. The Labute approximate surface area is 81.9 Å². The standard InChI is InChI=1S/C10H11N.V/c1-8-3-4-10-9(7-8)5-6-11(10)2;/h3-4,7H,5H2,1-2H3;. The number of fused-ring (bicyclic) bond motifs is 1. The van der Waals surface area contributed by atoms with Crippen LogP contribution in [0.15, 0.2) is 18.2 Å². The van der Waals surface area contributed by atoms with Crippen molar-refractivity contribution in [2.45, 2.75) is 13.3 Å². The van der Waals surface area contributed by atoms with Crippen molar-refractivity contribution < 1.29 is 17.0 Å². The number of anilines is 1. The zero-order chi connectivity index (χ0) is 8.72. The van der Waals surface area contributed by atoms with Crippen LogP contribution in [0, 0.1) is 6.92 Å². The summed E-state index contributed by atoms with van der Waals surface area (Å²) in [6, 6.07) is 6.64. The molecule has 61 valence electrons. The van der Waals surface area contributed by atoms with Gasteiger partial charge < -0.3 is 0 Å². The van der Waals surface area contributed by atoms with Crippen molar-refractivity contribution in [1.29, 1.82) is 0 Å². The van der Waals surface area contributed by atoms with Crippen LogP contribution >= 0.6 is 0 Å². The average molecular weight is 196 g/mol. The molecule has 0 atom stereocenters. The van der Waals surface area contributed by atoms with Gasteiger partial charge >= 0.3 is 81.6 Å². The van der Waals surface area contributed by atoms with Crippen molar-refractivity contribution in [1.82, 2.24) is 0 Å². The molecule has 0 bridgehead atoms. The second kappa shape index (κ2) is 2.75. The molecular formula is C10H11NV. The molecule has 1 nitrogen and oxygen atoms in total. The molecule has 0 fully saturated rings. The Morgan fingerprint density at radius 2 is 2.17 bits per heavy atom. The molecule has 0 saturated heterocycles. The molecule has 1 aromatic rings. The van der Waals surface area contributed by atoms with Gasteiger partial charge in [0, 0.05) is 0 Å². The summed E-state index contributed by atoms with van der Waals surface area (Å²) in [7, 11) is 2.12. The molecule has 1 aliphatic rings. The quantitative estimate of drug-likeness (QED) is 0.610. The fourth-order valence-corrected chi connectivity index (χ4v) is 2.05. The second-order valence-corrected chi connectivity index (χ2v) is 4.09. The Bertz CT molecular complexity index is 344. The Hall–Kier alpha value is -0.526. The third-order valence-electron chi connectivity index (χ3n) is 2.33. The zero-order valence-electron chi connectivity index (χ0n) is 7.33. The van der Waals surface area contributed by atoms with E-state index in [1.165, 1.54) is 21.2 Å². The topological polar surface area (TPSA) is 3.24 Å². The number of aryl methyl sites for hydroxylation is 1. The molecule has 1 aliphatic heterocycles. The average Bonchev–Trinajstić information content (AvgIpc) is 2.28. The van der Waals surface area contributed by atoms with E-state index in [0.717, 1.165) is 6.42 Å². The molecule has 0 aromatic heterocycles. The molecule has 2 rings (SSSR count). The summed E-state index contributed by atoms with van der Waals surface area (Å²) in [5.41, 5.74) is 4.16. The number of benzene rings is 1. The zero-order valence-corrected chi connectivity index (χ0v) is 8.73. The van der Waals surface area contributed by atoms with E-state index in [0.29, 0.717) is 0 Å². The predicted molar refractivity (Wildman–Crippen MR) is 48.3 cm³/mol. The first-order valence-corrected chi connectivity index (χ1v) is 4.76. The summed E-state index contributed by atoms with van der Waals surface area (Å²) in [6.45, 7) is 2.14. The first-order chi connectivity index (χ1) is 5.68. The molecule has 2 heteroatoms. The third kappa shape index (κ3) is 1.14. The van der Waals surface area contributed by atoms with E-state index < -0.39 is 0 Å². The first-order valence-electron chi connectivity index (χ1n) is 4.06. The minimum absolute atomic E-state index is 1.09. The molecule has 0 radical (unpaired) electrons. The van der Waals surface area contributed by atoms with Crippen LogP contribution in [-0.4, -0.2) is 11.4 Å². The van der Waals surface area contributed by atoms with E-state index in [9.17, 15) is 0 Å². The Balaban J connectivity index is 2.54. The van der Waals surface area contributed by atoms with Crippen molar-refractivity contribution >= 4 is 10.0 Å². The van der Waals surface area contributed by atoms with E-state index in [2.05, 4.69) is 54.0 Å². The molecule has 12 heavy (non-hydrogen) atoms. The molecule has 0 N–H and O–H groups in total. The maximum absolute atomic E-state index is 2.64. The van der Waals surface area contributed by atoms with Crippen LogP contribution in [0.5, 0.6) is 0 Å². The maximum atomic E-state index is 2.64. The van der Waals surface area contributed by atoms with Gasteiger partial charge in [-0.3, -0.25) is 0 Å². The SMILES string of the molecule is Cc1ccc2c(c1)C[C](=[V])N2C. The van der Waals surface area contributed by atoms with Gasteiger partial charge in [-0.05, 0) is 0 Å². The molecule has 1 aromatic carbocycles. The predicted octanol–water partition coefficient (Wildman–Crippen LogP) is 1.66. The molecule has 1 heterocycles. The summed E-state index contributed by atoms with van der Waals surface area (Å²) in [5.74, 6) is 0. The summed E-state index contributed by atoms with van der Waals surface area (Å²) in [5, 5.41) is 0. The van der Waals surface area contributed by atoms with Crippen molar-refractivity contribution in [2.24, 2.45) is 0 Å². The van der Waals surface area contributed by atoms with Crippen molar-refractivity contribution in [3.63, 3.8) is 0 Å². The van der Waals surface area contributed by atoms with Gasteiger partial charge in [-0.25, -0.2) is 0 Å². The molecule has 0 saturated carbocycles. The van der Waals surface area contributed by atoms with Crippen molar-refractivity contribution in [2.75, 3.05) is 11.9 Å². The van der Waals surface area contributed by atoms with Gasteiger partial charge in [-0.2, -0.15) is 0 Å². The second-order valence-electron chi connectivity index (χ2n) is 3.28. The van der Waals surface area contributed by atoms with Gasteiger partial charge in [0.2, 0.25) is 0 Å². The summed E-state index contributed by atoms with van der Waals surface area (Å²) in [4.78, 5) is 2.24. The number of hydrogen-bond acceptors (Lipinski definition) is 1. The molecule has 0 unspecified atom stereocenters. The van der Waals surface area contributed by atoms with Gasteiger partial charge in [0.05, 0.1) is 0 Å². The van der Waals surface area contributed by atoms with Crippen molar-refractivity contribution in [3.05, 3.63) is 29.3 Å². The van der Waals surface area contributed by atoms with E-state index >= 15 is 0 Å². The van der Waals surface area contributed by atoms with Crippen LogP contribution < -0.4 is 4.90 Å². The number of hydrogen-bond donors (Lipinski definition) is 0. The van der Waals surface area contributed by atoms with Gasteiger partial charge in [0.15, 0.2) is 0 Å². The van der Waals surface area contributed by atoms with Crippen LogP contribution in [0.25, 0.3) is 0 Å². The van der Waals surface area contributed by atoms with E-state index in [1.54, 1.807) is 0 Å². The monoisotopic (exact) mass is 196 g/mol. The third-order valence-corrected chi connectivity index (χ3v) is 3.05. The van der Waals surface area contributed by atoms with E-state index in [-0.39, 0.29) is 0 Å². The van der Waals surface area contributed by atoms with Gasteiger partial charge in [-0.1, -0.05) is 0 Å². The van der Waals surface area contributed by atoms with Crippen LogP contribution in [0.2, 0.25) is 0 Å².